The van der Waals surface area contributed by atoms with Crippen molar-refractivity contribution in [3.8, 4) is 0 Å². The van der Waals surface area contributed by atoms with Crippen molar-refractivity contribution in [2.45, 2.75) is 39.2 Å². The zero-order valence-corrected chi connectivity index (χ0v) is 13.8. The summed E-state index contributed by atoms with van der Waals surface area (Å²) in [5.41, 5.74) is 1.98. The van der Waals surface area contributed by atoms with Crippen LogP contribution in [-0.4, -0.2) is 32.7 Å². The fraction of sp³-hybridized carbons (Fsp3) is 0.533. The van der Waals surface area contributed by atoms with E-state index in [0.717, 1.165) is 31.4 Å². The van der Waals surface area contributed by atoms with Crippen molar-refractivity contribution in [2.75, 3.05) is 22.3 Å². The van der Waals surface area contributed by atoms with Crippen molar-refractivity contribution >= 4 is 27.3 Å². The average molecular weight is 325 g/mol. The van der Waals surface area contributed by atoms with Gasteiger partial charge in [0.15, 0.2) is 0 Å². The minimum Gasteiger partial charge on any atom is -0.325 e. The Labute approximate surface area is 131 Å². The molecule has 0 spiro atoms. The molecule has 1 unspecified atom stereocenters. The molecule has 122 valence electrons. The lowest BCUT2D eigenvalue weighted by Crippen LogP contribution is -2.43. The molecule has 7 heteroatoms. The number of amides is 1. The first-order valence-electron chi connectivity index (χ1n) is 7.56. The van der Waals surface area contributed by atoms with Crippen LogP contribution < -0.4 is 15.4 Å². The first-order chi connectivity index (χ1) is 10.4. The Balaban J connectivity index is 2.04. The van der Waals surface area contributed by atoms with E-state index >= 15 is 0 Å². The zero-order chi connectivity index (χ0) is 16.2. The van der Waals surface area contributed by atoms with E-state index in [2.05, 4.69) is 15.4 Å². The Morgan fingerprint density at radius 2 is 2.14 bits per heavy atom. The van der Waals surface area contributed by atoms with Crippen LogP contribution in [0.2, 0.25) is 0 Å². The van der Waals surface area contributed by atoms with Crippen molar-refractivity contribution < 1.29 is 13.2 Å². The van der Waals surface area contributed by atoms with E-state index < -0.39 is 10.0 Å². The largest absolute Gasteiger partial charge is 0.325 e. The summed E-state index contributed by atoms with van der Waals surface area (Å²) >= 11 is 0. The molecule has 0 radical (unpaired) electrons. The highest BCUT2D eigenvalue weighted by Crippen LogP contribution is 2.21. The third-order valence-corrected chi connectivity index (χ3v) is 5.06. The number of hydrogen-bond acceptors (Lipinski definition) is 4. The van der Waals surface area contributed by atoms with E-state index in [0.29, 0.717) is 11.4 Å². The van der Waals surface area contributed by atoms with Gasteiger partial charge in [-0.2, -0.15) is 0 Å². The molecule has 0 saturated carbocycles. The van der Waals surface area contributed by atoms with Gasteiger partial charge in [0.05, 0.1) is 17.5 Å². The summed E-state index contributed by atoms with van der Waals surface area (Å²) in [7, 11) is -3.30. The molecule has 2 rings (SSSR count). The average Bonchev–Trinajstić information content (AvgIpc) is 2.51. The van der Waals surface area contributed by atoms with Crippen molar-refractivity contribution in [3.05, 3.63) is 23.8 Å². The maximum absolute atomic E-state index is 12.2. The second-order valence-corrected chi connectivity index (χ2v) is 7.54. The fourth-order valence-electron chi connectivity index (χ4n) is 2.40. The molecule has 1 aliphatic heterocycles. The van der Waals surface area contributed by atoms with Gasteiger partial charge in [-0.05, 0) is 57.0 Å². The minimum absolute atomic E-state index is 0.0261. The van der Waals surface area contributed by atoms with Gasteiger partial charge in [0.2, 0.25) is 15.9 Å². The van der Waals surface area contributed by atoms with Gasteiger partial charge in [-0.3, -0.25) is 9.52 Å². The molecule has 1 fully saturated rings. The van der Waals surface area contributed by atoms with Gasteiger partial charge in [0, 0.05) is 5.69 Å². The second-order valence-electron chi connectivity index (χ2n) is 5.53. The lowest BCUT2D eigenvalue weighted by molar-refractivity contribution is -0.118. The van der Waals surface area contributed by atoms with Gasteiger partial charge in [-0.1, -0.05) is 6.42 Å². The molecule has 6 nitrogen and oxygen atoms in total. The van der Waals surface area contributed by atoms with E-state index in [1.165, 1.54) is 0 Å². The number of carbonyl (C=O) groups is 1. The van der Waals surface area contributed by atoms with Crippen molar-refractivity contribution in [2.24, 2.45) is 0 Å². The normalized spacial score (nSPS) is 18.7. The van der Waals surface area contributed by atoms with E-state index in [1.54, 1.807) is 25.1 Å². The van der Waals surface area contributed by atoms with Crippen LogP contribution >= 0.6 is 0 Å². The molecule has 1 heterocycles. The Bertz CT molecular complexity index is 637. The highest BCUT2D eigenvalue weighted by molar-refractivity contribution is 7.92. The monoisotopic (exact) mass is 325 g/mol. The van der Waals surface area contributed by atoms with Crippen molar-refractivity contribution in [3.63, 3.8) is 0 Å². The molecule has 0 bridgehead atoms. The number of benzene rings is 1. The lowest BCUT2D eigenvalue weighted by atomic mass is 10.0. The molecule has 0 aromatic heterocycles. The maximum atomic E-state index is 12.2. The third kappa shape index (κ3) is 4.45. The maximum Gasteiger partial charge on any atom is 0.241 e. The number of aryl methyl sites for hydroxylation is 1. The molecule has 1 amide bonds. The molecule has 0 aliphatic carbocycles. The van der Waals surface area contributed by atoms with E-state index in [4.69, 9.17) is 0 Å². The predicted octanol–water partition coefficient (Wildman–Crippen LogP) is 1.84. The Morgan fingerprint density at radius 3 is 2.73 bits per heavy atom. The molecule has 1 atom stereocenters. The highest BCUT2D eigenvalue weighted by Gasteiger charge is 2.20. The van der Waals surface area contributed by atoms with Crippen LogP contribution in [0.3, 0.4) is 0 Å². The topological polar surface area (TPSA) is 87.3 Å². The van der Waals surface area contributed by atoms with Crippen LogP contribution in [-0.2, 0) is 14.8 Å². The van der Waals surface area contributed by atoms with Crippen LogP contribution in [0.4, 0.5) is 11.4 Å². The quantitative estimate of drug-likeness (QED) is 0.771. The first kappa shape index (κ1) is 16.8. The number of hydrogen-bond donors (Lipinski definition) is 3. The number of sulfonamides is 1. The van der Waals surface area contributed by atoms with E-state index in [1.807, 2.05) is 6.92 Å². The van der Waals surface area contributed by atoms with Crippen molar-refractivity contribution in [1.29, 1.82) is 0 Å². The molecule has 1 aromatic rings. The van der Waals surface area contributed by atoms with Gasteiger partial charge in [-0.25, -0.2) is 8.42 Å². The number of carbonyl (C=O) groups excluding carboxylic acids is 1. The molecule has 3 N–H and O–H groups in total. The summed E-state index contributed by atoms with van der Waals surface area (Å²) in [4.78, 5) is 12.2. The zero-order valence-electron chi connectivity index (χ0n) is 13.0. The van der Waals surface area contributed by atoms with E-state index in [9.17, 15) is 13.2 Å². The number of rotatable bonds is 5. The Kier molecular flexibility index (Phi) is 5.42. The van der Waals surface area contributed by atoms with Gasteiger partial charge in [0.1, 0.15) is 0 Å². The summed E-state index contributed by atoms with van der Waals surface area (Å²) in [6.45, 7) is 4.26. The molecule has 1 aromatic carbocycles. The van der Waals surface area contributed by atoms with Crippen LogP contribution in [0.1, 0.15) is 31.7 Å². The van der Waals surface area contributed by atoms with Gasteiger partial charge >= 0.3 is 0 Å². The smallest absolute Gasteiger partial charge is 0.241 e. The summed E-state index contributed by atoms with van der Waals surface area (Å²) < 4.78 is 25.7. The summed E-state index contributed by atoms with van der Waals surface area (Å²) in [6, 6.07) is 5.01. The third-order valence-electron chi connectivity index (χ3n) is 3.77. The van der Waals surface area contributed by atoms with Crippen LogP contribution in [0.15, 0.2) is 18.2 Å². The molecule has 1 saturated heterocycles. The number of anilines is 2. The Hall–Kier alpha value is -1.60. The Morgan fingerprint density at radius 1 is 1.36 bits per heavy atom. The van der Waals surface area contributed by atoms with Crippen LogP contribution in [0.5, 0.6) is 0 Å². The fourth-order valence-corrected chi connectivity index (χ4v) is 3.11. The molecule has 22 heavy (non-hydrogen) atoms. The standard InChI is InChI=1S/C15H23N3O3S/c1-3-22(20,21)18-13-8-7-12(10-11(13)2)17-15(19)14-6-4-5-9-16-14/h7-8,10,14,16,18H,3-6,9H2,1-2H3,(H,17,19). The van der Waals surface area contributed by atoms with Gasteiger partial charge in [0.25, 0.3) is 0 Å². The first-order valence-corrected chi connectivity index (χ1v) is 9.22. The predicted molar refractivity (Wildman–Crippen MR) is 88.5 cm³/mol. The SMILES string of the molecule is CCS(=O)(=O)Nc1ccc(NC(=O)C2CCCCN2)cc1C. The van der Waals surface area contributed by atoms with Crippen LogP contribution in [0.25, 0.3) is 0 Å². The lowest BCUT2D eigenvalue weighted by Gasteiger charge is -2.22. The summed E-state index contributed by atoms with van der Waals surface area (Å²) in [5.74, 6) is -0.0147. The molecular weight excluding hydrogens is 302 g/mol. The number of nitrogens with one attached hydrogen (secondary N) is 3. The second kappa shape index (κ2) is 7.11. The van der Waals surface area contributed by atoms with Gasteiger partial charge in [-0.15, -0.1) is 0 Å². The van der Waals surface area contributed by atoms with Crippen LogP contribution in [0, 0.1) is 6.92 Å². The molecular formula is C15H23N3O3S. The number of piperidine rings is 1. The van der Waals surface area contributed by atoms with Gasteiger partial charge < -0.3 is 10.6 Å². The minimum atomic E-state index is -3.30. The summed E-state index contributed by atoms with van der Waals surface area (Å²) in [6.07, 6.45) is 3.01. The highest BCUT2D eigenvalue weighted by atomic mass is 32.2. The van der Waals surface area contributed by atoms with Crippen molar-refractivity contribution in [1.82, 2.24) is 5.32 Å². The van der Waals surface area contributed by atoms with E-state index in [-0.39, 0.29) is 17.7 Å². The summed E-state index contributed by atoms with van der Waals surface area (Å²) in [5, 5.41) is 6.08. The molecule has 1 aliphatic rings.